The first-order chi connectivity index (χ1) is 13.9. The van der Waals surface area contributed by atoms with Crippen LogP contribution in [0.1, 0.15) is 40.1 Å². The van der Waals surface area contributed by atoms with E-state index in [1.807, 2.05) is 19.1 Å². The van der Waals surface area contributed by atoms with Gasteiger partial charge in [0.05, 0.1) is 0 Å². The fraction of sp³-hybridized carbons (Fsp3) is 0.318. The number of carbonyl (C=O) groups is 2. The Morgan fingerprint density at radius 1 is 0.897 bits per heavy atom. The van der Waals surface area contributed by atoms with Crippen molar-refractivity contribution in [3.05, 3.63) is 65.2 Å². The normalized spacial score (nSPS) is 10.5. The van der Waals surface area contributed by atoms with E-state index in [0.29, 0.717) is 23.4 Å². The fourth-order valence-corrected chi connectivity index (χ4v) is 2.93. The third-order valence-corrected chi connectivity index (χ3v) is 4.76. The number of carbonyl (C=O) groups excluding carboxylic acids is 2. The second-order valence-corrected chi connectivity index (χ2v) is 7.04. The highest BCUT2D eigenvalue weighted by Gasteiger charge is 2.09. The van der Waals surface area contributed by atoms with E-state index in [1.165, 1.54) is 0 Å². The van der Waals surface area contributed by atoms with Gasteiger partial charge < -0.3 is 15.5 Å². The molecule has 0 heterocycles. The van der Waals surface area contributed by atoms with Crippen molar-refractivity contribution in [2.75, 3.05) is 31.5 Å². The second-order valence-electron chi connectivity index (χ2n) is 6.63. The minimum Gasteiger partial charge on any atom is -0.351 e. The fourth-order valence-electron chi connectivity index (χ4n) is 2.72. The monoisotopic (exact) mass is 412 g/mol. The van der Waals surface area contributed by atoms with E-state index in [1.54, 1.807) is 36.4 Å². The van der Waals surface area contributed by atoms with E-state index in [2.05, 4.69) is 34.7 Å². The first-order valence-corrected chi connectivity index (χ1v) is 10.1. The number of aryl methyl sites for hydroxylation is 1. The quantitative estimate of drug-likeness (QED) is 0.581. The van der Waals surface area contributed by atoms with Crippen LogP contribution in [-0.4, -0.2) is 48.0 Å². The Hall–Kier alpha value is -2.77. The van der Waals surface area contributed by atoms with Crippen LogP contribution in [0.3, 0.4) is 0 Å². The number of benzene rings is 2. The van der Waals surface area contributed by atoms with Gasteiger partial charge in [-0.15, -0.1) is 0 Å². The molecule has 0 fully saturated rings. The molecule has 29 heavy (non-hydrogen) atoms. The predicted molar refractivity (Wildman–Crippen MR) is 121 cm³/mol. The highest BCUT2D eigenvalue weighted by Crippen LogP contribution is 2.10. The molecular formula is C22H28N4O2S. The van der Waals surface area contributed by atoms with Crippen molar-refractivity contribution in [1.82, 2.24) is 15.5 Å². The van der Waals surface area contributed by atoms with Crippen LogP contribution >= 0.6 is 12.2 Å². The molecule has 0 saturated carbocycles. The van der Waals surface area contributed by atoms with Crippen LogP contribution in [0.5, 0.6) is 0 Å². The lowest BCUT2D eigenvalue weighted by molar-refractivity contribution is 0.0947. The zero-order valence-corrected chi connectivity index (χ0v) is 17.9. The number of amides is 2. The number of hydrogen-bond donors (Lipinski definition) is 3. The van der Waals surface area contributed by atoms with E-state index < -0.39 is 0 Å². The molecule has 0 aliphatic carbocycles. The highest BCUT2D eigenvalue weighted by molar-refractivity contribution is 7.80. The molecule has 2 rings (SSSR count). The lowest BCUT2D eigenvalue weighted by atomic mass is 10.1. The summed E-state index contributed by atoms with van der Waals surface area (Å²) in [6.07, 6.45) is 0. The van der Waals surface area contributed by atoms with Gasteiger partial charge in [-0.05, 0) is 68.6 Å². The van der Waals surface area contributed by atoms with Gasteiger partial charge in [-0.1, -0.05) is 31.5 Å². The van der Waals surface area contributed by atoms with Gasteiger partial charge in [-0.2, -0.15) is 0 Å². The van der Waals surface area contributed by atoms with Crippen LogP contribution in [-0.2, 0) is 0 Å². The summed E-state index contributed by atoms with van der Waals surface area (Å²) in [5.74, 6) is -0.384. The van der Waals surface area contributed by atoms with Crippen molar-refractivity contribution < 1.29 is 9.59 Å². The largest absolute Gasteiger partial charge is 0.351 e. The maximum atomic E-state index is 12.2. The van der Waals surface area contributed by atoms with Gasteiger partial charge in [0.15, 0.2) is 5.11 Å². The van der Waals surface area contributed by atoms with Gasteiger partial charge in [-0.3, -0.25) is 14.9 Å². The van der Waals surface area contributed by atoms with E-state index in [-0.39, 0.29) is 16.9 Å². The van der Waals surface area contributed by atoms with Crippen LogP contribution in [0.2, 0.25) is 0 Å². The Balaban J connectivity index is 1.83. The van der Waals surface area contributed by atoms with Crippen molar-refractivity contribution in [3.63, 3.8) is 0 Å². The number of anilines is 1. The molecule has 2 amide bonds. The smallest absolute Gasteiger partial charge is 0.257 e. The molecule has 0 spiro atoms. The molecule has 3 N–H and O–H groups in total. The van der Waals surface area contributed by atoms with Crippen LogP contribution in [0.15, 0.2) is 48.5 Å². The molecule has 0 unspecified atom stereocenters. The number of likely N-dealkylation sites (N-methyl/N-ethyl adjacent to an activating group) is 1. The molecule has 2 aromatic rings. The van der Waals surface area contributed by atoms with Gasteiger partial charge in [-0.25, -0.2) is 0 Å². The highest BCUT2D eigenvalue weighted by atomic mass is 32.1. The van der Waals surface area contributed by atoms with E-state index in [0.717, 1.165) is 25.2 Å². The minimum atomic E-state index is -0.272. The average Bonchev–Trinajstić information content (AvgIpc) is 2.72. The Kier molecular flexibility index (Phi) is 8.76. The number of hydrogen-bond acceptors (Lipinski definition) is 4. The lowest BCUT2D eigenvalue weighted by Crippen LogP contribution is -2.35. The molecule has 0 aliphatic rings. The lowest BCUT2D eigenvalue weighted by Gasteiger charge is -2.18. The number of nitrogens with one attached hydrogen (secondary N) is 3. The van der Waals surface area contributed by atoms with Crippen LogP contribution in [0.4, 0.5) is 5.69 Å². The van der Waals surface area contributed by atoms with Gasteiger partial charge in [0.1, 0.15) is 0 Å². The topological polar surface area (TPSA) is 73.5 Å². The van der Waals surface area contributed by atoms with Crippen LogP contribution in [0, 0.1) is 6.92 Å². The molecule has 0 aliphatic heterocycles. The molecule has 0 radical (unpaired) electrons. The average molecular weight is 413 g/mol. The Morgan fingerprint density at radius 3 is 2.03 bits per heavy atom. The molecule has 0 bridgehead atoms. The molecule has 154 valence electrons. The minimum absolute atomic E-state index is 0.112. The summed E-state index contributed by atoms with van der Waals surface area (Å²) in [5, 5.41) is 8.73. The molecule has 2 aromatic carbocycles. The van der Waals surface area contributed by atoms with Gasteiger partial charge in [0.25, 0.3) is 11.8 Å². The van der Waals surface area contributed by atoms with Gasteiger partial charge in [0.2, 0.25) is 0 Å². The molecular weight excluding hydrogens is 384 g/mol. The van der Waals surface area contributed by atoms with Crippen molar-refractivity contribution in [1.29, 1.82) is 0 Å². The first-order valence-electron chi connectivity index (χ1n) is 9.72. The Morgan fingerprint density at radius 2 is 1.45 bits per heavy atom. The van der Waals surface area contributed by atoms with Crippen molar-refractivity contribution in [2.45, 2.75) is 20.8 Å². The SMILES string of the molecule is CCN(CC)CCNC(=O)c1ccc(NC(=S)NC(=O)c2ccc(C)cc2)cc1. The number of nitrogens with zero attached hydrogens (tertiary/aromatic N) is 1. The summed E-state index contributed by atoms with van der Waals surface area (Å²) < 4.78 is 0. The van der Waals surface area contributed by atoms with Crippen molar-refractivity contribution >= 4 is 34.8 Å². The van der Waals surface area contributed by atoms with Crippen molar-refractivity contribution in [3.8, 4) is 0 Å². The van der Waals surface area contributed by atoms with Gasteiger partial charge in [0, 0.05) is 29.9 Å². The number of thiocarbonyl (C=S) groups is 1. The standard InChI is InChI=1S/C22H28N4O2S/c1-4-26(5-2)15-14-23-20(27)17-10-12-19(13-11-17)24-22(29)25-21(28)18-8-6-16(3)7-9-18/h6-13H,4-5,14-15H2,1-3H3,(H,23,27)(H2,24,25,28,29). The number of rotatable bonds is 8. The second kappa shape index (κ2) is 11.3. The summed E-state index contributed by atoms with van der Waals surface area (Å²) in [4.78, 5) is 26.7. The zero-order chi connectivity index (χ0) is 21.2. The summed E-state index contributed by atoms with van der Waals surface area (Å²) >= 11 is 5.20. The first kappa shape index (κ1) is 22.5. The maximum absolute atomic E-state index is 12.2. The zero-order valence-electron chi connectivity index (χ0n) is 17.1. The van der Waals surface area contributed by atoms with Gasteiger partial charge >= 0.3 is 0 Å². The summed E-state index contributed by atoms with van der Waals surface area (Å²) in [7, 11) is 0. The van der Waals surface area contributed by atoms with Crippen molar-refractivity contribution in [2.24, 2.45) is 0 Å². The van der Waals surface area contributed by atoms with E-state index in [9.17, 15) is 9.59 Å². The van der Waals surface area contributed by atoms with E-state index in [4.69, 9.17) is 12.2 Å². The Labute approximate surface area is 177 Å². The molecule has 0 saturated heterocycles. The molecule has 6 nitrogen and oxygen atoms in total. The predicted octanol–water partition coefficient (Wildman–Crippen LogP) is 3.19. The Bertz CT molecular complexity index is 831. The van der Waals surface area contributed by atoms with Crippen LogP contribution in [0.25, 0.3) is 0 Å². The molecule has 7 heteroatoms. The van der Waals surface area contributed by atoms with E-state index >= 15 is 0 Å². The third kappa shape index (κ3) is 7.29. The molecule has 0 aromatic heterocycles. The van der Waals surface area contributed by atoms with Crippen LogP contribution < -0.4 is 16.0 Å². The summed E-state index contributed by atoms with van der Waals surface area (Å²) in [6, 6.07) is 14.2. The maximum Gasteiger partial charge on any atom is 0.257 e. The summed E-state index contributed by atoms with van der Waals surface area (Å²) in [5.41, 5.74) is 2.89. The molecule has 0 atom stereocenters. The summed E-state index contributed by atoms with van der Waals surface area (Å²) in [6.45, 7) is 9.53. The third-order valence-electron chi connectivity index (χ3n) is 4.55.